The van der Waals surface area contributed by atoms with Gasteiger partial charge in [0, 0.05) is 24.7 Å². The van der Waals surface area contributed by atoms with Crippen LogP contribution >= 0.6 is 22.2 Å². The average molecular weight is 436 g/mol. The second-order valence-corrected chi connectivity index (χ2v) is 9.62. The van der Waals surface area contributed by atoms with Crippen molar-refractivity contribution in [2.45, 2.75) is 0 Å². The van der Waals surface area contributed by atoms with E-state index in [-0.39, 0.29) is 41.2 Å². The molecule has 2 aromatic carbocycles. The van der Waals surface area contributed by atoms with E-state index >= 15 is 0 Å². The van der Waals surface area contributed by atoms with Crippen molar-refractivity contribution in [2.24, 2.45) is 0 Å². The molecule has 0 unspecified atom stereocenters. The van der Waals surface area contributed by atoms with Crippen molar-refractivity contribution >= 4 is 50.4 Å². The lowest BCUT2D eigenvalue weighted by Gasteiger charge is -2.41. The summed E-state index contributed by atoms with van der Waals surface area (Å²) < 4.78 is 33.8. The molecule has 1 aliphatic rings. The number of carbonyl (C=O) groups is 1. The monoisotopic (exact) mass is 435 g/mol. The predicted octanol–water partition coefficient (Wildman–Crippen LogP) is 4.98. The molecule has 0 spiro atoms. The Bertz CT molecular complexity index is 1090. The Hall–Kier alpha value is -2.39. The number of amides is 1. The molecule has 0 aliphatic carbocycles. The third kappa shape index (κ3) is 4.02. The largest absolute Gasteiger partial charge is 0.337 e. The maximum absolute atomic E-state index is 14.3. The average Bonchev–Trinajstić information content (AvgIpc) is 2.71. The molecular weight excluding hydrogens is 417 g/mol. The van der Waals surface area contributed by atoms with E-state index in [0.29, 0.717) is 22.2 Å². The van der Waals surface area contributed by atoms with Gasteiger partial charge in [-0.2, -0.15) is 10.6 Å². The zero-order chi connectivity index (χ0) is 20.6. The van der Waals surface area contributed by atoms with Crippen LogP contribution in [0.5, 0.6) is 0 Å². The van der Waals surface area contributed by atoms with Crippen molar-refractivity contribution in [3.63, 3.8) is 0 Å². The molecule has 1 aromatic heterocycles. The Morgan fingerprint density at radius 3 is 2.52 bits per heavy atom. The first-order valence-electron chi connectivity index (χ1n) is 8.97. The van der Waals surface area contributed by atoms with Gasteiger partial charge in [-0.05, 0) is 17.5 Å². The van der Waals surface area contributed by atoms with Crippen LogP contribution in [0.2, 0.25) is 5.02 Å². The lowest BCUT2D eigenvalue weighted by molar-refractivity contribution is 0.0769. The molecule has 3 N–H and O–H groups in total. The standard InChI is InChI=1S/C20H19ClFN3O3S/c21-16-6-3-7-17(18(16)22)24-19-14-5-2-1-4-13(14)15(12-23-19)20(26)25-8-10-29(27,28)11-9-25/h1-7,12,27-28H,8-11H2,(H,23,24). The maximum atomic E-state index is 14.3. The van der Waals surface area contributed by atoms with Gasteiger partial charge >= 0.3 is 0 Å². The molecule has 0 bridgehead atoms. The Morgan fingerprint density at radius 1 is 1.10 bits per heavy atom. The molecule has 0 radical (unpaired) electrons. The van der Waals surface area contributed by atoms with Gasteiger partial charge in [0.25, 0.3) is 5.91 Å². The number of aromatic nitrogens is 1. The number of fused-ring (bicyclic) bond motifs is 1. The highest BCUT2D eigenvalue weighted by Crippen LogP contribution is 2.40. The zero-order valence-corrected chi connectivity index (χ0v) is 16.9. The molecule has 1 fully saturated rings. The predicted molar refractivity (Wildman–Crippen MR) is 115 cm³/mol. The Kier molecular flexibility index (Phi) is 5.35. The molecule has 0 atom stereocenters. The van der Waals surface area contributed by atoms with Gasteiger partial charge in [-0.1, -0.05) is 41.9 Å². The molecule has 4 rings (SSSR count). The Labute approximate surface area is 173 Å². The third-order valence-electron chi connectivity index (χ3n) is 4.89. The summed E-state index contributed by atoms with van der Waals surface area (Å²) in [5, 5.41) is 4.30. The first-order chi connectivity index (χ1) is 13.9. The maximum Gasteiger partial charge on any atom is 0.256 e. The number of pyridine rings is 1. The molecule has 29 heavy (non-hydrogen) atoms. The van der Waals surface area contributed by atoms with Crippen LogP contribution in [0.25, 0.3) is 10.8 Å². The molecular formula is C20H19ClFN3O3S. The van der Waals surface area contributed by atoms with Gasteiger partial charge in [-0.3, -0.25) is 13.9 Å². The summed E-state index contributed by atoms with van der Waals surface area (Å²) in [6.07, 6.45) is 1.46. The number of nitrogens with zero attached hydrogens (tertiary/aromatic N) is 2. The lowest BCUT2D eigenvalue weighted by atomic mass is 10.1. The van der Waals surface area contributed by atoms with E-state index in [9.17, 15) is 18.3 Å². The van der Waals surface area contributed by atoms with Crippen molar-refractivity contribution in [2.75, 3.05) is 29.9 Å². The number of rotatable bonds is 3. The smallest absolute Gasteiger partial charge is 0.256 e. The first kappa shape index (κ1) is 19.9. The normalized spacial score (nSPS) is 17.2. The Morgan fingerprint density at radius 2 is 1.79 bits per heavy atom. The fraction of sp³-hybridized carbons (Fsp3) is 0.200. The van der Waals surface area contributed by atoms with Crippen molar-refractivity contribution in [3.8, 4) is 0 Å². The number of anilines is 2. The molecule has 1 aliphatic heterocycles. The van der Waals surface area contributed by atoms with Crippen molar-refractivity contribution in [1.29, 1.82) is 0 Å². The quantitative estimate of drug-likeness (QED) is 0.540. The number of hydrogen-bond donors (Lipinski definition) is 3. The molecule has 152 valence electrons. The lowest BCUT2D eigenvalue weighted by Crippen LogP contribution is -2.42. The second-order valence-electron chi connectivity index (χ2n) is 6.80. The highest BCUT2D eigenvalue weighted by atomic mass is 35.5. The van der Waals surface area contributed by atoms with E-state index in [4.69, 9.17) is 11.6 Å². The van der Waals surface area contributed by atoms with Crippen LogP contribution < -0.4 is 5.32 Å². The minimum Gasteiger partial charge on any atom is -0.337 e. The fourth-order valence-electron chi connectivity index (χ4n) is 3.29. The zero-order valence-electron chi connectivity index (χ0n) is 15.3. The second kappa shape index (κ2) is 7.79. The number of benzene rings is 2. The SMILES string of the molecule is O=C(c1cnc(Nc2cccc(Cl)c2F)c2ccccc12)N1CCS(O)(O)CC1. The number of nitrogens with one attached hydrogen (secondary N) is 1. The van der Waals surface area contributed by atoms with Crippen LogP contribution in [0.1, 0.15) is 10.4 Å². The van der Waals surface area contributed by atoms with Crippen LogP contribution in [0.15, 0.2) is 48.7 Å². The van der Waals surface area contributed by atoms with Crippen molar-refractivity contribution in [3.05, 3.63) is 65.1 Å². The molecule has 2 heterocycles. The highest BCUT2D eigenvalue weighted by Gasteiger charge is 2.27. The van der Waals surface area contributed by atoms with Crippen LogP contribution in [-0.4, -0.2) is 49.5 Å². The summed E-state index contributed by atoms with van der Waals surface area (Å²) in [5.74, 6) is -0.0296. The van der Waals surface area contributed by atoms with E-state index in [0.717, 1.165) is 0 Å². The van der Waals surface area contributed by atoms with Crippen LogP contribution in [0.3, 0.4) is 0 Å². The van der Waals surface area contributed by atoms with Gasteiger partial charge in [0.05, 0.1) is 27.8 Å². The minimum atomic E-state index is -2.59. The van der Waals surface area contributed by atoms with Gasteiger partial charge in [0.1, 0.15) is 5.82 Å². The topological polar surface area (TPSA) is 85.7 Å². The van der Waals surface area contributed by atoms with Gasteiger partial charge in [-0.15, -0.1) is 0 Å². The van der Waals surface area contributed by atoms with Gasteiger partial charge in [0.15, 0.2) is 5.82 Å². The van der Waals surface area contributed by atoms with E-state index in [1.54, 1.807) is 29.2 Å². The van der Waals surface area contributed by atoms with Crippen LogP contribution in [0, 0.1) is 5.82 Å². The fourth-order valence-corrected chi connectivity index (χ4v) is 4.69. The Balaban J connectivity index is 1.69. The van der Waals surface area contributed by atoms with E-state index in [1.165, 1.54) is 12.3 Å². The molecule has 6 nitrogen and oxygen atoms in total. The summed E-state index contributed by atoms with van der Waals surface area (Å²) in [4.78, 5) is 19.0. The summed E-state index contributed by atoms with van der Waals surface area (Å²) in [7, 11) is -2.59. The summed E-state index contributed by atoms with van der Waals surface area (Å²) in [6, 6.07) is 11.9. The van der Waals surface area contributed by atoms with Gasteiger partial charge in [0.2, 0.25) is 0 Å². The van der Waals surface area contributed by atoms with Crippen molar-refractivity contribution in [1.82, 2.24) is 9.88 Å². The third-order valence-corrected chi connectivity index (χ3v) is 6.86. The van der Waals surface area contributed by atoms with E-state index in [2.05, 4.69) is 10.3 Å². The van der Waals surface area contributed by atoms with Gasteiger partial charge in [-0.25, -0.2) is 9.37 Å². The number of halogens is 2. The molecule has 3 aromatic rings. The highest BCUT2D eigenvalue weighted by molar-refractivity contribution is 8.24. The molecule has 1 saturated heterocycles. The van der Waals surface area contributed by atoms with Crippen LogP contribution in [0.4, 0.5) is 15.9 Å². The first-order valence-corrected chi connectivity index (χ1v) is 11.2. The number of hydrogen-bond acceptors (Lipinski definition) is 5. The minimum absolute atomic E-state index is 0.00201. The summed E-state index contributed by atoms with van der Waals surface area (Å²) >= 11 is 5.85. The molecule has 9 heteroatoms. The van der Waals surface area contributed by atoms with E-state index < -0.39 is 16.4 Å². The summed E-state index contributed by atoms with van der Waals surface area (Å²) in [6.45, 7) is 0.562. The van der Waals surface area contributed by atoms with Crippen LogP contribution in [-0.2, 0) is 0 Å². The molecule has 0 saturated carbocycles. The van der Waals surface area contributed by atoms with Gasteiger partial charge < -0.3 is 10.2 Å². The van der Waals surface area contributed by atoms with Crippen molar-refractivity contribution < 1.29 is 18.3 Å². The number of carbonyl (C=O) groups excluding carboxylic acids is 1. The van der Waals surface area contributed by atoms with E-state index in [1.807, 2.05) is 12.1 Å². The molecule has 1 amide bonds. The summed E-state index contributed by atoms with van der Waals surface area (Å²) in [5.41, 5.74) is 0.603.